The fourth-order valence-electron chi connectivity index (χ4n) is 1.59. The number of hydrogen-bond acceptors (Lipinski definition) is 4. The summed E-state index contributed by atoms with van der Waals surface area (Å²) in [4.78, 5) is 5.11. The highest BCUT2D eigenvalue weighted by Gasteiger charge is 2.25. The van der Waals surface area contributed by atoms with Crippen LogP contribution in [0.4, 0.5) is 0 Å². The van der Waals surface area contributed by atoms with Crippen LogP contribution in [0.1, 0.15) is 0 Å². The Labute approximate surface area is 93.8 Å². The second kappa shape index (κ2) is 3.98. The zero-order chi connectivity index (χ0) is 10.8. The van der Waals surface area contributed by atoms with Gasteiger partial charge >= 0.3 is 0 Å². The summed E-state index contributed by atoms with van der Waals surface area (Å²) in [5.41, 5.74) is 0.903. The summed E-state index contributed by atoms with van der Waals surface area (Å²) >= 11 is 5.24. The molecule has 4 heteroatoms. The van der Waals surface area contributed by atoms with E-state index in [2.05, 4.69) is 4.99 Å². The molecule has 1 atom stereocenters. The molecule has 1 unspecified atom stereocenters. The highest BCUT2D eigenvalue weighted by molar-refractivity contribution is 7.80. The lowest BCUT2D eigenvalue weighted by atomic mass is 9.92. The van der Waals surface area contributed by atoms with Crippen LogP contribution in [0.2, 0.25) is 0 Å². The van der Waals surface area contributed by atoms with E-state index in [1.807, 2.05) is 18.2 Å². The number of allylic oxidation sites excluding steroid dienone is 3. The third kappa shape index (κ3) is 1.72. The molecule has 0 saturated heterocycles. The maximum Gasteiger partial charge on any atom is 0.162 e. The number of ether oxygens (including phenoxy) is 2. The van der Waals surface area contributed by atoms with Crippen LogP contribution in [0.25, 0.3) is 0 Å². The van der Waals surface area contributed by atoms with Crippen molar-refractivity contribution in [2.24, 2.45) is 10.9 Å². The normalized spacial score (nSPS) is 23.7. The van der Waals surface area contributed by atoms with Crippen molar-refractivity contribution in [2.45, 2.75) is 0 Å². The van der Waals surface area contributed by atoms with Crippen molar-refractivity contribution in [3.05, 3.63) is 35.9 Å². The van der Waals surface area contributed by atoms with E-state index in [1.54, 1.807) is 20.4 Å². The standard InChI is InChI=1S/C11H11NO2S/c1-13-9-5-7-8(6-10(9)14-2)12-4-3-11(7)15/h3-7H,1-2H3. The maximum atomic E-state index is 5.24. The van der Waals surface area contributed by atoms with Gasteiger partial charge in [0.1, 0.15) is 0 Å². The Morgan fingerprint density at radius 3 is 2.67 bits per heavy atom. The van der Waals surface area contributed by atoms with Gasteiger partial charge in [-0.3, -0.25) is 4.99 Å². The first kappa shape index (κ1) is 10.1. The summed E-state index contributed by atoms with van der Waals surface area (Å²) in [5.74, 6) is 1.43. The molecule has 0 saturated carbocycles. The van der Waals surface area contributed by atoms with E-state index in [9.17, 15) is 0 Å². The van der Waals surface area contributed by atoms with Crippen LogP contribution in [0.15, 0.2) is 40.9 Å². The molecule has 0 spiro atoms. The lowest BCUT2D eigenvalue weighted by molar-refractivity contribution is 0.218. The minimum Gasteiger partial charge on any atom is -0.493 e. The number of aliphatic imine (C=N–C) groups is 1. The molecule has 0 aromatic carbocycles. The number of nitrogens with zero attached hydrogens (tertiary/aromatic N) is 1. The molecule has 2 aliphatic rings. The molecule has 0 aromatic rings. The molecule has 1 aliphatic carbocycles. The van der Waals surface area contributed by atoms with Crippen molar-refractivity contribution in [2.75, 3.05) is 14.2 Å². The van der Waals surface area contributed by atoms with Gasteiger partial charge < -0.3 is 9.47 Å². The lowest BCUT2D eigenvalue weighted by Crippen LogP contribution is -2.24. The Morgan fingerprint density at radius 1 is 1.27 bits per heavy atom. The number of rotatable bonds is 2. The zero-order valence-electron chi connectivity index (χ0n) is 8.56. The van der Waals surface area contributed by atoms with E-state index in [4.69, 9.17) is 21.7 Å². The summed E-state index contributed by atoms with van der Waals surface area (Å²) in [6.45, 7) is 0. The average Bonchev–Trinajstić information content (AvgIpc) is 2.28. The van der Waals surface area contributed by atoms with Crippen molar-refractivity contribution < 1.29 is 9.47 Å². The fourth-order valence-corrected chi connectivity index (χ4v) is 1.84. The molecule has 1 heterocycles. The summed E-state index contributed by atoms with van der Waals surface area (Å²) in [6, 6.07) is 0. The molecular formula is C11H11NO2S. The Hall–Kier alpha value is -1.42. The zero-order valence-corrected chi connectivity index (χ0v) is 9.38. The number of fused-ring (bicyclic) bond motifs is 1. The highest BCUT2D eigenvalue weighted by atomic mass is 32.1. The summed E-state index contributed by atoms with van der Waals surface area (Å²) < 4.78 is 10.4. The quantitative estimate of drug-likeness (QED) is 0.668. The average molecular weight is 221 g/mol. The van der Waals surface area contributed by atoms with Gasteiger partial charge in [0.25, 0.3) is 0 Å². The number of thiocarbonyl (C=S) groups is 1. The van der Waals surface area contributed by atoms with Gasteiger partial charge in [-0.25, -0.2) is 0 Å². The van der Waals surface area contributed by atoms with Gasteiger partial charge in [-0.2, -0.15) is 0 Å². The molecule has 0 N–H and O–H groups in total. The van der Waals surface area contributed by atoms with Crippen LogP contribution in [0.3, 0.4) is 0 Å². The van der Waals surface area contributed by atoms with E-state index >= 15 is 0 Å². The second-order valence-corrected chi connectivity index (χ2v) is 3.67. The molecule has 0 fully saturated rings. The monoisotopic (exact) mass is 221 g/mol. The fraction of sp³-hybridized carbons (Fsp3) is 0.273. The molecule has 3 nitrogen and oxygen atoms in total. The molecule has 0 amide bonds. The van der Waals surface area contributed by atoms with Crippen LogP contribution in [0, 0.1) is 5.92 Å². The Morgan fingerprint density at radius 2 is 2.00 bits per heavy atom. The van der Waals surface area contributed by atoms with E-state index in [1.165, 1.54) is 0 Å². The van der Waals surface area contributed by atoms with Crippen molar-refractivity contribution in [1.29, 1.82) is 0 Å². The van der Waals surface area contributed by atoms with E-state index in [0.717, 1.165) is 10.6 Å². The third-order valence-electron chi connectivity index (χ3n) is 2.37. The van der Waals surface area contributed by atoms with E-state index in [-0.39, 0.29) is 5.92 Å². The van der Waals surface area contributed by atoms with Gasteiger partial charge in [0.05, 0.1) is 25.8 Å². The van der Waals surface area contributed by atoms with E-state index in [0.29, 0.717) is 11.5 Å². The van der Waals surface area contributed by atoms with Crippen LogP contribution in [-0.4, -0.2) is 24.8 Å². The number of methoxy groups -OCH3 is 2. The van der Waals surface area contributed by atoms with Crippen molar-refractivity contribution in [3.63, 3.8) is 0 Å². The Bertz CT molecular complexity index is 418. The minimum absolute atomic E-state index is 0.0406. The molecule has 0 aromatic heterocycles. The smallest absolute Gasteiger partial charge is 0.162 e. The number of hydrogen-bond donors (Lipinski definition) is 0. The SMILES string of the molecule is COC1=CC2=NC=CC(=S)C2C=C1OC. The first-order chi connectivity index (χ1) is 7.26. The maximum absolute atomic E-state index is 5.24. The van der Waals surface area contributed by atoms with Gasteiger partial charge in [-0.1, -0.05) is 12.2 Å². The largest absolute Gasteiger partial charge is 0.493 e. The topological polar surface area (TPSA) is 30.8 Å². The molecule has 0 bridgehead atoms. The van der Waals surface area contributed by atoms with Gasteiger partial charge in [-0.15, -0.1) is 0 Å². The molecular weight excluding hydrogens is 210 g/mol. The minimum atomic E-state index is 0.0406. The van der Waals surface area contributed by atoms with Gasteiger partial charge in [0.2, 0.25) is 0 Å². The molecule has 0 radical (unpaired) electrons. The van der Waals surface area contributed by atoms with Crippen LogP contribution >= 0.6 is 12.2 Å². The summed E-state index contributed by atoms with van der Waals surface area (Å²) in [6.07, 6.45) is 7.34. The first-order valence-corrected chi connectivity index (χ1v) is 4.97. The van der Waals surface area contributed by atoms with Gasteiger partial charge in [-0.05, 0) is 12.2 Å². The second-order valence-electron chi connectivity index (χ2n) is 3.20. The summed E-state index contributed by atoms with van der Waals surface area (Å²) in [7, 11) is 3.22. The van der Waals surface area contributed by atoms with Crippen LogP contribution in [-0.2, 0) is 9.47 Å². The van der Waals surface area contributed by atoms with Crippen LogP contribution in [0.5, 0.6) is 0 Å². The van der Waals surface area contributed by atoms with Crippen LogP contribution < -0.4 is 0 Å². The predicted octanol–water partition coefficient (Wildman–Crippen LogP) is 2.02. The lowest BCUT2D eigenvalue weighted by Gasteiger charge is -2.22. The summed E-state index contributed by atoms with van der Waals surface area (Å²) in [5, 5.41) is 0. The first-order valence-electron chi connectivity index (χ1n) is 4.56. The highest BCUT2D eigenvalue weighted by Crippen LogP contribution is 2.25. The van der Waals surface area contributed by atoms with Gasteiger partial charge in [0, 0.05) is 17.1 Å². The molecule has 78 valence electrons. The third-order valence-corrected chi connectivity index (χ3v) is 2.76. The Kier molecular flexibility index (Phi) is 2.68. The molecule has 2 rings (SSSR count). The molecule has 15 heavy (non-hydrogen) atoms. The van der Waals surface area contributed by atoms with Gasteiger partial charge in [0.15, 0.2) is 11.5 Å². The van der Waals surface area contributed by atoms with E-state index < -0.39 is 0 Å². The predicted molar refractivity (Wildman–Crippen MR) is 62.8 cm³/mol. The molecule has 1 aliphatic heterocycles. The van der Waals surface area contributed by atoms with Crippen molar-refractivity contribution in [3.8, 4) is 0 Å². The Balaban J connectivity index is 2.42. The van der Waals surface area contributed by atoms with Crippen molar-refractivity contribution >= 4 is 22.8 Å². The van der Waals surface area contributed by atoms with Crippen molar-refractivity contribution in [1.82, 2.24) is 0 Å².